The first-order valence-electron chi connectivity index (χ1n) is 11.4. The van der Waals surface area contributed by atoms with Crippen LogP contribution in [-0.4, -0.2) is 60.0 Å². The number of amides is 2. The molecular weight excluding hydrogens is 418 g/mol. The van der Waals surface area contributed by atoms with Crippen molar-refractivity contribution in [1.29, 1.82) is 0 Å². The molecule has 0 spiro atoms. The van der Waals surface area contributed by atoms with E-state index in [1.54, 1.807) is 14.1 Å². The van der Waals surface area contributed by atoms with Crippen LogP contribution in [0.5, 0.6) is 0 Å². The lowest BCUT2D eigenvalue weighted by Gasteiger charge is -2.39. The largest absolute Gasteiger partial charge is 0.478 e. The van der Waals surface area contributed by atoms with Gasteiger partial charge < -0.3 is 20.6 Å². The van der Waals surface area contributed by atoms with Gasteiger partial charge in [-0.05, 0) is 23.9 Å². The first kappa shape index (κ1) is 28.4. The Bertz CT molecular complexity index is 841. The molecule has 7 nitrogen and oxygen atoms in total. The zero-order chi connectivity index (χ0) is 25.6. The van der Waals surface area contributed by atoms with Crippen molar-refractivity contribution in [1.82, 2.24) is 15.5 Å². The van der Waals surface area contributed by atoms with Gasteiger partial charge in [0.2, 0.25) is 11.8 Å². The Balaban J connectivity index is 3.24. The fraction of sp³-hybridized carbons (Fsp3) is 0.577. The number of hydrogen-bond donors (Lipinski definition) is 3. The third-order valence-corrected chi connectivity index (χ3v) is 6.10. The van der Waals surface area contributed by atoms with Crippen molar-refractivity contribution in [2.24, 2.45) is 11.3 Å². The predicted octanol–water partition coefficient (Wildman–Crippen LogP) is 3.21. The summed E-state index contributed by atoms with van der Waals surface area (Å²) in [5.41, 5.74) is -0.0786. The second-order valence-electron chi connectivity index (χ2n) is 10.5. The molecule has 0 saturated carbocycles. The molecule has 3 atom stereocenters. The van der Waals surface area contributed by atoms with Crippen LogP contribution in [0.3, 0.4) is 0 Å². The Morgan fingerprint density at radius 1 is 1.00 bits per heavy atom. The molecule has 33 heavy (non-hydrogen) atoms. The van der Waals surface area contributed by atoms with Crippen molar-refractivity contribution in [3.63, 3.8) is 0 Å². The first-order chi connectivity index (χ1) is 15.1. The van der Waals surface area contributed by atoms with Crippen LogP contribution in [0, 0.1) is 11.3 Å². The van der Waals surface area contributed by atoms with Gasteiger partial charge in [0.15, 0.2) is 0 Å². The van der Waals surface area contributed by atoms with E-state index in [9.17, 15) is 14.4 Å². The number of aliphatic carboxylic acids is 1. The average molecular weight is 460 g/mol. The van der Waals surface area contributed by atoms with Crippen molar-refractivity contribution < 1.29 is 19.5 Å². The minimum atomic E-state index is -1.07. The number of nitrogens with zero attached hydrogens (tertiary/aromatic N) is 1. The number of hydrogen-bond acceptors (Lipinski definition) is 4. The van der Waals surface area contributed by atoms with Crippen LogP contribution in [0.1, 0.15) is 54.0 Å². The van der Waals surface area contributed by atoms with Gasteiger partial charge in [-0.1, -0.05) is 84.9 Å². The summed E-state index contributed by atoms with van der Waals surface area (Å²) in [7, 11) is 3.38. The summed E-state index contributed by atoms with van der Waals surface area (Å²) >= 11 is 0. The molecular formula is C26H41N3O4. The highest BCUT2D eigenvalue weighted by molar-refractivity contribution is 5.91. The summed E-state index contributed by atoms with van der Waals surface area (Å²) in [6.07, 6.45) is 2.57. The van der Waals surface area contributed by atoms with Crippen molar-refractivity contribution in [2.75, 3.05) is 14.1 Å². The number of carbonyl (C=O) groups is 3. The lowest BCUT2D eigenvalue weighted by Crippen LogP contribution is -2.61. The summed E-state index contributed by atoms with van der Waals surface area (Å²) in [4.78, 5) is 39.6. The van der Waals surface area contributed by atoms with E-state index in [2.05, 4.69) is 10.6 Å². The Hall–Kier alpha value is -2.67. The van der Waals surface area contributed by atoms with Crippen LogP contribution in [0.15, 0.2) is 42.5 Å². The molecule has 0 fully saturated rings. The third-order valence-electron chi connectivity index (χ3n) is 6.10. The molecule has 0 aliphatic heterocycles. The van der Waals surface area contributed by atoms with Crippen LogP contribution in [0.2, 0.25) is 0 Å². The molecule has 0 saturated heterocycles. The molecule has 0 aliphatic rings. The van der Waals surface area contributed by atoms with Crippen LogP contribution < -0.4 is 10.6 Å². The monoisotopic (exact) mass is 459 g/mol. The Morgan fingerprint density at radius 3 is 1.97 bits per heavy atom. The van der Waals surface area contributed by atoms with Gasteiger partial charge in [-0.25, -0.2) is 4.79 Å². The highest BCUT2D eigenvalue weighted by Gasteiger charge is 2.41. The molecule has 0 heterocycles. The van der Waals surface area contributed by atoms with Gasteiger partial charge in [-0.15, -0.1) is 0 Å². The highest BCUT2D eigenvalue weighted by atomic mass is 16.4. The van der Waals surface area contributed by atoms with Gasteiger partial charge in [0.05, 0.1) is 12.1 Å². The quantitative estimate of drug-likeness (QED) is 0.467. The first-order valence-corrected chi connectivity index (χ1v) is 11.4. The van der Waals surface area contributed by atoms with E-state index in [0.29, 0.717) is 0 Å². The summed E-state index contributed by atoms with van der Waals surface area (Å²) in [5.74, 6) is -1.61. The molecule has 3 N–H and O–H groups in total. The summed E-state index contributed by atoms with van der Waals surface area (Å²) in [6, 6.07) is 7.99. The minimum absolute atomic E-state index is 0.00654. The average Bonchev–Trinajstić information content (AvgIpc) is 2.71. The Labute approximate surface area is 198 Å². The number of nitrogens with one attached hydrogen (secondary N) is 2. The molecule has 184 valence electrons. The van der Waals surface area contributed by atoms with Gasteiger partial charge in [0, 0.05) is 18.5 Å². The maximum atomic E-state index is 13.6. The number of carboxylic acid groups (broad SMARTS) is 1. The molecule has 1 rings (SSSR count). The fourth-order valence-corrected chi connectivity index (χ4v) is 4.06. The lowest BCUT2D eigenvalue weighted by atomic mass is 9.76. The van der Waals surface area contributed by atoms with E-state index in [4.69, 9.17) is 5.11 Å². The molecule has 0 bridgehead atoms. The number of benzene rings is 1. The normalized spacial score (nSPS) is 15.2. The van der Waals surface area contributed by atoms with E-state index in [0.717, 1.165) is 11.6 Å². The van der Waals surface area contributed by atoms with E-state index < -0.39 is 34.9 Å². The molecule has 1 aromatic carbocycles. The SMILES string of the molecule is CN[C@H](C(=O)N[C@@H](C(=O)N(C)[C@H](/C=C/C(=O)O)C(C)C)C(C)(C)C)C(C)(C)c1ccccc1. The fourth-order valence-electron chi connectivity index (χ4n) is 4.06. The zero-order valence-corrected chi connectivity index (χ0v) is 21.5. The minimum Gasteiger partial charge on any atom is -0.478 e. The van der Waals surface area contributed by atoms with E-state index in [1.165, 1.54) is 11.0 Å². The van der Waals surface area contributed by atoms with Crippen molar-refractivity contribution >= 4 is 17.8 Å². The number of likely N-dealkylation sites (N-methyl/N-ethyl adjacent to an activating group) is 2. The Kier molecular flexibility index (Phi) is 9.85. The Morgan fingerprint density at radius 2 is 1.55 bits per heavy atom. The summed E-state index contributed by atoms with van der Waals surface area (Å²) in [5, 5.41) is 15.1. The van der Waals surface area contributed by atoms with Gasteiger partial charge in [-0.3, -0.25) is 9.59 Å². The summed E-state index contributed by atoms with van der Waals surface area (Å²) < 4.78 is 0. The molecule has 0 unspecified atom stereocenters. The molecule has 0 aromatic heterocycles. The van der Waals surface area contributed by atoms with Gasteiger partial charge in [0.25, 0.3) is 0 Å². The molecule has 7 heteroatoms. The van der Waals surface area contributed by atoms with Crippen LogP contribution in [0.25, 0.3) is 0 Å². The topological polar surface area (TPSA) is 98.7 Å². The van der Waals surface area contributed by atoms with E-state index in [-0.39, 0.29) is 17.7 Å². The smallest absolute Gasteiger partial charge is 0.328 e. The highest BCUT2D eigenvalue weighted by Crippen LogP contribution is 2.29. The predicted molar refractivity (Wildman–Crippen MR) is 132 cm³/mol. The molecule has 0 radical (unpaired) electrons. The van der Waals surface area contributed by atoms with Gasteiger partial charge >= 0.3 is 5.97 Å². The van der Waals surface area contributed by atoms with Gasteiger partial charge in [0.1, 0.15) is 6.04 Å². The van der Waals surface area contributed by atoms with Crippen LogP contribution in [-0.2, 0) is 19.8 Å². The van der Waals surface area contributed by atoms with Crippen LogP contribution >= 0.6 is 0 Å². The zero-order valence-electron chi connectivity index (χ0n) is 21.5. The third kappa shape index (κ3) is 7.42. The maximum absolute atomic E-state index is 13.6. The van der Waals surface area contributed by atoms with Gasteiger partial charge in [-0.2, -0.15) is 0 Å². The number of carboxylic acids is 1. The molecule has 0 aliphatic carbocycles. The standard InChI is InChI=1S/C26H41N3O4/c1-17(2)19(15-16-20(30)31)29(9)24(33)22(25(3,4)5)28-23(32)21(27-8)26(6,7)18-13-11-10-12-14-18/h10-17,19,21-22,27H,1-9H3,(H,28,32)(H,30,31)/b16-15+/t19-,21-,22+/m1/s1. The molecule has 2 amide bonds. The molecule has 1 aromatic rings. The van der Waals surface area contributed by atoms with E-state index in [1.807, 2.05) is 78.8 Å². The van der Waals surface area contributed by atoms with Crippen LogP contribution in [0.4, 0.5) is 0 Å². The maximum Gasteiger partial charge on any atom is 0.328 e. The number of carbonyl (C=O) groups excluding carboxylic acids is 2. The second-order valence-corrected chi connectivity index (χ2v) is 10.5. The summed E-state index contributed by atoms with van der Waals surface area (Å²) in [6.45, 7) is 13.5. The van der Waals surface area contributed by atoms with Crippen molar-refractivity contribution in [2.45, 2.75) is 72.0 Å². The van der Waals surface area contributed by atoms with Crippen molar-refractivity contribution in [3.05, 3.63) is 48.0 Å². The lowest BCUT2D eigenvalue weighted by molar-refractivity contribution is -0.141. The van der Waals surface area contributed by atoms with Crippen molar-refractivity contribution in [3.8, 4) is 0 Å². The second kappa shape index (κ2) is 11.5. The van der Waals surface area contributed by atoms with E-state index >= 15 is 0 Å². The number of rotatable bonds is 10.